The number of piperidine rings is 2. The normalized spacial score (nSPS) is 21.9. The molecule has 0 bridgehead atoms. The van der Waals surface area contributed by atoms with Crippen molar-refractivity contribution in [1.82, 2.24) is 20.1 Å². The maximum absolute atomic E-state index is 12.7. The van der Waals surface area contributed by atoms with Crippen LogP contribution in [0.1, 0.15) is 41.8 Å². The van der Waals surface area contributed by atoms with Gasteiger partial charge in [0.05, 0.1) is 18.2 Å². The number of nitrogens with zero attached hydrogens (tertiary/aromatic N) is 3. The minimum Gasteiger partial charge on any atom is -0.350 e. The van der Waals surface area contributed by atoms with Crippen LogP contribution in [-0.2, 0) is 17.9 Å². The summed E-state index contributed by atoms with van der Waals surface area (Å²) in [6, 6.07) is 8.67. The number of hydrogen-bond acceptors (Lipinski definition) is 5. The zero-order chi connectivity index (χ0) is 20.1. The van der Waals surface area contributed by atoms with Crippen molar-refractivity contribution in [1.29, 1.82) is 0 Å². The zero-order valence-corrected chi connectivity index (χ0v) is 18.2. The third-order valence-electron chi connectivity index (χ3n) is 6.40. The van der Waals surface area contributed by atoms with Gasteiger partial charge in [-0.3, -0.25) is 19.6 Å². The van der Waals surface area contributed by atoms with Gasteiger partial charge in [0.25, 0.3) is 0 Å². The lowest BCUT2D eigenvalue weighted by Crippen LogP contribution is -2.50. The second-order valence-corrected chi connectivity index (χ2v) is 9.41. The average Bonchev–Trinajstić information content (AvgIpc) is 3.18. The summed E-state index contributed by atoms with van der Waals surface area (Å²) in [6.07, 6.45) is 6.33. The first-order valence-corrected chi connectivity index (χ1v) is 11.7. The maximum Gasteiger partial charge on any atom is 0.224 e. The number of nitrogens with one attached hydrogen (secondary N) is 1. The Kier molecular flexibility index (Phi) is 6.95. The Morgan fingerprint density at radius 1 is 1.21 bits per heavy atom. The first-order chi connectivity index (χ1) is 14.2. The number of aromatic nitrogens is 1. The monoisotopic (exact) mass is 412 g/mol. The Labute approximate surface area is 178 Å². The van der Waals surface area contributed by atoms with Crippen LogP contribution in [0.2, 0.25) is 0 Å². The van der Waals surface area contributed by atoms with Crippen molar-refractivity contribution in [2.24, 2.45) is 5.92 Å². The fourth-order valence-corrected chi connectivity index (χ4v) is 5.54. The van der Waals surface area contributed by atoms with Crippen LogP contribution in [0.15, 0.2) is 35.8 Å². The van der Waals surface area contributed by atoms with Gasteiger partial charge in [-0.25, -0.2) is 0 Å². The molecule has 0 unspecified atom stereocenters. The number of aryl methyl sites for hydroxylation is 1. The van der Waals surface area contributed by atoms with E-state index in [-0.39, 0.29) is 11.8 Å². The molecule has 2 aliphatic rings. The Balaban J connectivity index is 1.23. The van der Waals surface area contributed by atoms with Crippen LogP contribution in [-0.4, -0.2) is 52.9 Å². The lowest BCUT2D eigenvalue weighted by atomic mass is 9.93. The fourth-order valence-electron chi connectivity index (χ4n) is 4.59. The van der Waals surface area contributed by atoms with E-state index in [1.165, 1.54) is 23.3 Å². The summed E-state index contributed by atoms with van der Waals surface area (Å²) >= 11 is 1.88. The maximum atomic E-state index is 12.7. The number of thiophene rings is 1. The van der Waals surface area contributed by atoms with Gasteiger partial charge in [0.15, 0.2) is 0 Å². The molecule has 0 saturated carbocycles. The van der Waals surface area contributed by atoms with Gasteiger partial charge in [0.1, 0.15) is 0 Å². The van der Waals surface area contributed by atoms with Crippen LogP contribution in [0.5, 0.6) is 0 Å². The van der Waals surface area contributed by atoms with E-state index in [1.807, 2.05) is 29.5 Å². The summed E-state index contributed by atoms with van der Waals surface area (Å²) in [7, 11) is 0. The summed E-state index contributed by atoms with van der Waals surface area (Å²) in [4.78, 5) is 23.7. The van der Waals surface area contributed by atoms with E-state index in [0.29, 0.717) is 12.6 Å². The van der Waals surface area contributed by atoms with Gasteiger partial charge in [0, 0.05) is 43.3 Å². The molecule has 0 radical (unpaired) electrons. The molecule has 0 aromatic carbocycles. The Bertz CT molecular complexity index is 785. The predicted molar refractivity (Wildman–Crippen MR) is 118 cm³/mol. The molecule has 156 valence electrons. The Morgan fingerprint density at radius 2 is 2.07 bits per heavy atom. The molecular formula is C23H32N4OS. The summed E-state index contributed by atoms with van der Waals surface area (Å²) in [5, 5.41) is 5.29. The van der Waals surface area contributed by atoms with E-state index >= 15 is 0 Å². The van der Waals surface area contributed by atoms with E-state index in [0.717, 1.165) is 51.3 Å². The highest BCUT2D eigenvalue weighted by Gasteiger charge is 2.31. The van der Waals surface area contributed by atoms with Crippen molar-refractivity contribution in [2.45, 2.75) is 51.7 Å². The van der Waals surface area contributed by atoms with Crippen molar-refractivity contribution in [3.63, 3.8) is 0 Å². The third-order valence-corrected chi connectivity index (χ3v) is 7.41. The van der Waals surface area contributed by atoms with Crippen LogP contribution in [0, 0.1) is 12.8 Å². The lowest BCUT2D eigenvalue weighted by Gasteiger charge is -2.42. The molecule has 2 saturated heterocycles. The number of hydrogen-bond donors (Lipinski definition) is 1. The highest BCUT2D eigenvalue weighted by Crippen LogP contribution is 2.26. The Hall–Kier alpha value is -1.76. The summed E-state index contributed by atoms with van der Waals surface area (Å²) in [5.41, 5.74) is 2.34. The lowest BCUT2D eigenvalue weighted by molar-refractivity contribution is -0.127. The third kappa shape index (κ3) is 5.44. The second kappa shape index (κ2) is 9.83. The van der Waals surface area contributed by atoms with Crippen LogP contribution in [0.3, 0.4) is 0 Å². The molecule has 5 nitrogen and oxygen atoms in total. The first kappa shape index (κ1) is 20.5. The molecule has 1 amide bonds. The standard InChI is InChI=1S/C23H32N4OS/c1-18-9-14-29-22(18)17-26-12-7-21(8-13-26)27-11-4-5-19(16-27)23(28)25-15-20-6-2-3-10-24-20/h2-3,6,9-10,14,19,21H,4-5,7-8,11-13,15-17H2,1H3,(H,25,28)/t19-/m0/s1. The fraction of sp³-hybridized carbons (Fsp3) is 0.565. The molecule has 1 N–H and O–H groups in total. The number of carbonyl (C=O) groups excluding carboxylic acids is 1. The largest absolute Gasteiger partial charge is 0.350 e. The minimum atomic E-state index is 0.110. The van der Waals surface area contributed by atoms with Gasteiger partial charge >= 0.3 is 0 Å². The van der Waals surface area contributed by atoms with Gasteiger partial charge in [-0.15, -0.1) is 11.3 Å². The molecule has 1 atom stereocenters. The topological polar surface area (TPSA) is 48.5 Å². The van der Waals surface area contributed by atoms with E-state index < -0.39 is 0 Å². The summed E-state index contributed by atoms with van der Waals surface area (Å²) < 4.78 is 0. The number of amides is 1. The van der Waals surface area contributed by atoms with Crippen LogP contribution in [0.4, 0.5) is 0 Å². The van der Waals surface area contributed by atoms with Crippen molar-refractivity contribution in [3.8, 4) is 0 Å². The van der Waals surface area contributed by atoms with Crippen LogP contribution in [0.25, 0.3) is 0 Å². The van der Waals surface area contributed by atoms with E-state index in [9.17, 15) is 4.79 Å². The summed E-state index contributed by atoms with van der Waals surface area (Å²) in [5.74, 6) is 0.296. The smallest absolute Gasteiger partial charge is 0.224 e. The van der Waals surface area contributed by atoms with Crippen molar-refractivity contribution in [3.05, 3.63) is 52.0 Å². The predicted octanol–water partition coefficient (Wildman–Crippen LogP) is 3.44. The molecule has 0 aliphatic carbocycles. The van der Waals surface area contributed by atoms with Crippen molar-refractivity contribution >= 4 is 17.2 Å². The molecule has 4 rings (SSSR count). The molecule has 6 heteroatoms. The van der Waals surface area contributed by atoms with Crippen molar-refractivity contribution < 1.29 is 4.79 Å². The molecule has 2 fully saturated rings. The molecule has 0 spiro atoms. The Morgan fingerprint density at radius 3 is 2.79 bits per heavy atom. The highest BCUT2D eigenvalue weighted by molar-refractivity contribution is 7.10. The molecular weight excluding hydrogens is 380 g/mol. The SMILES string of the molecule is Cc1ccsc1CN1CCC(N2CCC[C@H](C(=O)NCc3ccccn3)C2)CC1. The minimum absolute atomic E-state index is 0.110. The van der Waals surface area contributed by atoms with Gasteiger partial charge in [0.2, 0.25) is 5.91 Å². The number of likely N-dealkylation sites (tertiary alicyclic amines) is 2. The highest BCUT2D eigenvalue weighted by atomic mass is 32.1. The zero-order valence-electron chi connectivity index (χ0n) is 17.3. The van der Waals surface area contributed by atoms with E-state index in [4.69, 9.17) is 0 Å². The molecule has 4 heterocycles. The van der Waals surface area contributed by atoms with Crippen LogP contribution >= 0.6 is 11.3 Å². The first-order valence-electron chi connectivity index (χ1n) is 10.9. The van der Waals surface area contributed by atoms with Gasteiger partial charge in [-0.05, 0) is 68.3 Å². The summed E-state index contributed by atoms with van der Waals surface area (Å²) in [6.45, 7) is 8.20. The van der Waals surface area contributed by atoms with Crippen LogP contribution < -0.4 is 5.32 Å². The van der Waals surface area contributed by atoms with Gasteiger partial charge in [-0.2, -0.15) is 0 Å². The molecule has 29 heavy (non-hydrogen) atoms. The second-order valence-electron chi connectivity index (χ2n) is 8.41. The van der Waals surface area contributed by atoms with Gasteiger partial charge in [-0.1, -0.05) is 6.07 Å². The molecule has 2 aromatic heterocycles. The van der Waals surface area contributed by atoms with Crippen molar-refractivity contribution in [2.75, 3.05) is 26.2 Å². The average molecular weight is 413 g/mol. The molecule has 2 aromatic rings. The number of rotatable bonds is 6. The molecule has 2 aliphatic heterocycles. The van der Waals surface area contributed by atoms with E-state index in [1.54, 1.807) is 6.20 Å². The number of carbonyl (C=O) groups is 1. The number of pyridine rings is 1. The van der Waals surface area contributed by atoms with E-state index in [2.05, 4.69) is 38.5 Å². The quantitative estimate of drug-likeness (QED) is 0.790. The van der Waals surface area contributed by atoms with Gasteiger partial charge < -0.3 is 5.32 Å².